The van der Waals surface area contributed by atoms with E-state index in [1.165, 1.54) is 0 Å². The molecule has 0 radical (unpaired) electrons. The van der Waals surface area contributed by atoms with E-state index >= 15 is 0 Å². The number of hydrogen-bond acceptors (Lipinski definition) is 7. The molecule has 0 fully saturated rings. The summed E-state index contributed by atoms with van der Waals surface area (Å²) in [5.74, 6) is 2.78. The van der Waals surface area contributed by atoms with Gasteiger partial charge in [0.15, 0.2) is 0 Å². The topological polar surface area (TPSA) is 99.7 Å². The van der Waals surface area contributed by atoms with E-state index in [2.05, 4.69) is 54.3 Å². The van der Waals surface area contributed by atoms with Crippen LogP contribution in [0.15, 0.2) is 18.3 Å². The Labute approximate surface area is 227 Å². The van der Waals surface area contributed by atoms with Gasteiger partial charge in [-0.2, -0.15) is 4.98 Å². The van der Waals surface area contributed by atoms with E-state index in [1.807, 2.05) is 19.3 Å². The Bertz CT molecular complexity index is 1110. The van der Waals surface area contributed by atoms with Crippen LogP contribution in [0.4, 0.5) is 23.1 Å². The maximum absolute atomic E-state index is 12.4. The Balaban J connectivity index is 1.76. The molecular formula is C29H44N6O3. The number of nitrogens with one attached hydrogen (secondary N) is 2. The van der Waals surface area contributed by atoms with Crippen LogP contribution in [-0.4, -0.2) is 55.6 Å². The van der Waals surface area contributed by atoms with Crippen LogP contribution in [-0.2, 0) is 22.4 Å². The molecule has 0 bridgehead atoms. The van der Waals surface area contributed by atoms with Crippen LogP contribution < -0.4 is 25.2 Å². The van der Waals surface area contributed by atoms with Crippen LogP contribution in [0.1, 0.15) is 70.9 Å². The Hall–Kier alpha value is -3.36. The number of aromatic nitrogens is 2. The van der Waals surface area contributed by atoms with E-state index < -0.39 is 0 Å². The largest absolute Gasteiger partial charge is 0.494 e. The standard InChI is InChI=1S/C29H44N6O3/c1-7-20(4)13-14-25(36)30-15-16-35(9-3)29-31-19-21(8-2)28(33-29)32-23-17-22-11-10-12-26(37)34(5)27(22)24(18-23)38-6/h17-20H,7-16H2,1-6H3,(H,30,36)(H,31,32,33). The van der Waals surface area contributed by atoms with Crippen LogP contribution in [0.5, 0.6) is 5.75 Å². The van der Waals surface area contributed by atoms with Gasteiger partial charge in [-0.15, -0.1) is 0 Å². The number of likely N-dealkylation sites (N-methyl/N-ethyl adjacent to an activating group) is 1. The summed E-state index contributed by atoms with van der Waals surface area (Å²) in [6.07, 6.45) is 7.35. The lowest BCUT2D eigenvalue weighted by molar-refractivity contribution is -0.121. The molecule has 1 atom stereocenters. The number of methoxy groups -OCH3 is 1. The van der Waals surface area contributed by atoms with Crippen LogP contribution in [0, 0.1) is 5.92 Å². The number of carbonyl (C=O) groups is 2. The first-order valence-electron chi connectivity index (χ1n) is 13.9. The molecule has 0 saturated heterocycles. The summed E-state index contributed by atoms with van der Waals surface area (Å²) < 4.78 is 5.69. The first-order valence-corrected chi connectivity index (χ1v) is 13.9. The zero-order valence-electron chi connectivity index (χ0n) is 23.9. The number of ether oxygens (including phenoxy) is 1. The average molecular weight is 525 g/mol. The van der Waals surface area contributed by atoms with Gasteiger partial charge in [-0.1, -0.05) is 27.2 Å². The Kier molecular flexibility index (Phi) is 10.7. The predicted octanol–water partition coefficient (Wildman–Crippen LogP) is 4.86. The second kappa shape index (κ2) is 14.0. The molecule has 0 aliphatic carbocycles. The highest BCUT2D eigenvalue weighted by Gasteiger charge is 2.24. The molecule has 2 N–H and O–H groups in total. The van der Waals surface area contributed by atoms with Crippen molar-refractivity contribution in [3.63, 3.8) is 0 Å². The van der Waals surface area contributed by atoms with Crippen molar-refractivity contribution in [2.45, 2.75) is 72.6 Å². The van der Waals surface area contributed by atoms with E-state index in [9.17, 15) is 9.59 Å². The molecule has 2 amide bonds. The zero-order chi connectivity index (χ0) is 27.7. The number of aryl methyl sites for hydroxylation is 2. The van der Waals surface area contributed by atoms with Gasteiger partial charge in [-0.3, -0.25) is 9.59 Å². The summed E-state index contributed by atoms with van der Waals surface area (Å²) in [4.78, 5) is 37.9. The highest BCUT2D eigenvalue weighted by atomic mass is 16.5. The molecule has 2 aromatic rings. The number of hydrogen-bond donors (Lipinski definition) is 2. The molecular weight excluding hydrogens is 480 g/mol. The van der Waals surface area contributed by atoms with Gasteiger partial charge in [0.05, 0.1) is 12.8 Å². The van der Waals surface area contributed by atoms with Crippen molar-refractivity contribution < 1.29 is 14.3 Å². The van der Waals surface area contributed by atoms with Crippen molar-refractivity contribution in [3.8, 4) is 5.75 Å². The third-order valence-corrected chi connectivity index (χ3v) is 7.35. The van der Waals surface area contributed by atoms with Gasteiger partial charge in [-0.25, -0.2) is 4.98 Å². The Morgan fingerprint density at radius 2 is 2.03 bits per heavy atom. The molecule has 9 nitrogen and oxygen atoms in total. The first kappa shape index (κ1) is 29.2. The summed E-state index contributed by atoms with van der Waals surface area (Å²) in [6, 6.07) is 4.00. The lowest BCUT2D eigenvalue weighted by Crippen LogP contribution is -2.36. The minimum atomic E-state index is 0.0930. The van der Waals surface area contributed by atoms with Crippen molar-refractivity contribution in [2.75, 3.05) is 48.9 Å². The van der Waals surface area contributed by atoms with E-state index in [-0.39, 0.29) is 11.8 Å². The van der Waals surface area contributed by atoms with Crippen LogP contribution >= 0.6 is 0 Å². The molecule has 1 aliphatic rings. The van der Waals surface area contributed by atoms with E-state index in [0.29, 0.717) is 43.5 Å². The van der Waals surface area contributed by atoms with E-state index in [1.54, 1.807) is 12.0 Å². The van der Waals surface area contributed by atoms with E-state index in [4.69, 9.17) is 9.72 Å². The summed E-state index contributed by atoms with van der Waals surface area (Å²) in [5, 5.41) is 6.52. The van der Waals surface area contributed by atoms with Crippen molar-refractivity contribution in [1.29, 1.82) is 0 Å². The second-order valence-electron chi connectivity index (χ2n) is 10.00. The van der Waals surface area contributed by atoms with Crippen LogP contribution in [0.3, 0.4) is 0 Å². The van der Waals surface area contributed by atoms with Gasteiger partial charge >= 0.3 is 0 Å². The number of anilines is 4. The summed E-state index contributed by atoms with van der Waals surface area (Å²) in [7, 11) is 3.44. The molecule has 1 aliphatic heterocycles. The van der Waals surface area contributed by atoms with Gasteiger partial charge in [0, 0.05) is 63.0 Å². The molecule has 0 saturated carbocycles. The van der Waals surface area contributed by atoms with Gasteiger partial charge in [0.25, 0.3) is 0 Å². The minimum absolute atomic E-state index is 0.0930. The van der Waals surface area contributed by atoms with Crippen molar-refractivity contribution in [3.05, 3.63) is 29.5 Å². The maximum atomic E-state index is 12.4. The lowest BCUT2D eigenvalue weighted by Gasteiger charge is -2.23. The summed E-state index contributed by atoms with van der Waals surface area (Å²) in [5.41, 5.74) is 3.78. The average Bonchev–Trinajstić information content (AvgIpc) is 3.06. The van der Waals surface area contributed by atoms with Crippen LogP contribution in [0.2, 0.25) is 0 Å². The number of carbonyl (C=O) groups excluding carboxylic acids is 2. The quantitative estimate of drug-likeness (QED) is 0.386. The molecule has 9 heteroatoms. The van der Waals surface area contributed by atoms with Gasteiger partial charge in [-0.05, 0) is 50.2 Å². The van der Waals surface area contributed by atoms with Gasteiger partial charge < -0.3 is 25.2 Å². The number of benzene rings is 1. The molecule has 0 spiro atoms. The SMILES string of the molecule is CCc1cnc(N(CC)CCNC(=O)CCC(C)CC)nc1Nc1cc2c(c(OC)c1)N(C)C(=O)CCC2. The fourth-order valence-electron chi connectivity index (χ4n) is 4.64. The lowest BCUT2D eigenvalue weighted by atomic mass is 10.0. The smallest absolute Gasteiger partial charge is 0.227 e. The Morgan fingerprint density at radius 1 is 1.24 bits per heavy atom. The van der Waals surface area contributed by atoms with Gasteiger partial charge in [0.1, 0.15) is 11.6 Å². The number of rotatable bonds is 13. The maximum Gasteiger partial charge on any atom is 0.227 e. The fraction of sp³-hybridized carbons (Fsp3) is 0.586. The molecule has 208 valence electrons. The third-order valence-electron chi connectivity index (χ3n) is 7.35. The first-order chi connectivity index (χ1) is 18.3. The number of amides is 2. The summed E-state index contributed by atoms with van der Waals surface area (Å²) in [6.45, 7) is 10.4. The Morgan fingerprint density at radius 3 is 2.71 bits per heavy atom. The van der Waals surface area contributed by atoms with Crippen molar-refractivity contribution in [2.24, 2.45) is 5.92 Å². The fourth-order valence-corrected chi connectivity index (χ4v) is 4.64. The normalized spacial score (nSPS) is 13.9. The highest BCUT2D eigenvalue weighted by molar-refractivity contribution is 5.96. The third kappa shape index (κ3) is 7.36. The monoisotopic (exact) mass is 524 g/mol. The zero-order valence-corrected chi connectivity index (χ0v) is 23.9. The molecule has 1 aromatic carbocycles. The van der Waals surface area contributed by atoms with Crippen molar-refractivity contribution >= 4 is 35.0 Å². The number of nitrogens with zero attached hydrogens (tertiary/aromatic N) is 4. The van der Waals surface area contributed by atoms with E-state index in [0.717, 1.165) is 67.0 Å². The molecule has 1 aromatic heterocycles. The predicted molar refractivity (Wildman–Crippen MR) is 154 cm³/mol. The minimum Gasteiger partial charge on any atom is -0.494 e. The molecule has 2 heterocycles. The van der Waals surface area contributed by atoms with Crippen LogP contribution in [0.25, 0.3) is 0 Å². The highest BCUT2D eigenvalue weighted by Crippen LogP contribution is 2.39. The van der Waals surface area contributed by atoms with Gasteiger partial charge in [0.2, 0.25) is 17.8 Å². The molecule has 1 unspecified atom stereocenters. The van der Waals surface area contributed by atoms with Crippen molar-refractivity contribution in [1.82, 2.24) is 15.3 Å². The second-order valence-corrected chi connectivity index (χ2v) is 10.00. The molecule has 3 rings (SSSR count). The summed E-state index contributed by atoms with van der Waals surface area (Å²) >= 11 is 0. The number of fused-ring (bicyclic) bond motifs is 1. The molecule has 38 heavy (non-hydrogen) atoms.